The van der Waals surface area contributed by atoms with E-state index in [2.05, 4.69) is 30.3 Å². The SMILES string of the molecule is Cc1ccc(S(=O)(=O)NCCc2nnc3ccc(NCc4cccnc4)nn23)cc1. The van der Waals surface area contributed by atoms with Crippen LogP contribution >= 0.6 is 0 Å². The zero-order valence-electron chi connectivity index (χ0n) is 16.4. The van der Waals surface area contributed by atoms with E-state index in [9.17, 15) is 8.42 Å². The van der Waals surface area contributed by atoms with Gasteiger partial charge in [-0.1, -0.05) is 23.8 Å². The predicted octanol–water partition coefficient (Wildman–Crippen LogP) is 1.96. The van der Waals surface area contributed by atoms with Gasteiger partial charge in [0.1, 0.15) is 5.82 Å². The Balaban J connectivity index is 1.42. The first-order valence-corrected chi connectivity index (χ1v) is 10.9. The number of hydrogen-bond donors (Lipinski definition) is 2. The Labute approximate surface area is 174 Å². The van der Waals surface area contributed by atoms with Crippen molar-refractivity contribution in [3.63, 3.8) is 0 Å². The molecule has 154 valence electrons. The van der Waals surface area contributed by atoms with Crippen molar-refractivity contribution >= 4 is 21.5 Å². The fourth-order valence-electron chi connectivity index (χ4n) is 2.88. The molecular weight excluding hydrogens is 402 g/mol. The van der Waals surface area contributed by atoms with Crippen molar-refractivity contribution in [2.75, 3.05) is 11.9 Å². The van der Waals surface area contributed by atoms with E-state index in [1.165, 1.54) is 0 Å². The Morgan fingerprint density at radius 2 is 1.87 bits per heavy atom. The summed E-state index contributed by atoms with van der Waals surface area (Å²) in [6.45, 7) is 2.68. The fraction of sp³-hybridized carbons (Fsp3) is 0.200. The molecule has 1 aromatic carbocycles. The van der Waals surface area contributed by atoms with Crippen molar-refractivity contribution in [1.29, 1.82) is 0 Å². The van der Waals surface area contributed by atoms with Gasteiger partial charge in [0, 0.05) is 31.9 Å². The molecule has 0 fully saturated rings. The summed E-state index contributed by atoms with van der Waals surface area (Å²) in [5, 5.41) is 16.0. The fourth-order valence-corrected chi connectivity index (χ4v) is 3.91. The van der Waals surface area contributed by atoms with Crippen LogP contribution in [0.5, 0.6) is 0 Å². The summed E-state index contributed by atoms with van der Waals surface area (Å²) in [5.74, 6) is 1.23. The van der Waals surface area contributed by atoms with Gasteiger partial charge in [-0.3, -0.25) is 4.98 Å². The number of rotatable bonds is 8. The molecule has 0 aliphatic carbocycles. The molecule has 0 aliphatic heterocycles. The van der Waals surface area contributed by atoms with Crippen molar-refractivity contribution in [3.05, 3.63) is 77.9 Å². The average Bonchev–Trinajstić information content (AvgIpc) is 3.15. The van der Waals surface area contributed by atoms with E-state index >= 15 is 0 Å². The van der Waals surface area contributed by atoms with Crippen molar-refractivity contribution < 1.29 is 8.42 Å². The van der Waals surface area contributed by atoms with E-state index in [-0.39, 0.29) is 11.4 Å². The molecule has 3 aromatic heterocycles. The maximum absolute atomic E-state index is 12.4. The van der Waals surface area contributed by atoms with Crippen LogP contribution < -0.4 is 10.0 Å². The summed E-state index contributed by atoms with van der Waals surface area (Å²) >= 11 is 0. The summed E-state index contributed by atoms with van der Waals surface area (Å²) in [7, 11) is -3.58. The highest BCUT2D eigenvalue weighted by molar-refractivity contribution is 7.89. The number of benzene rings is 1. The van der Waals surface area contributed by atoms with E-state index < -0.39 is 10.0 Å². The zero-order chi connectivity index (χ0) is 21.0. The highest BCUT2D eigenvalue weighted by Gasteiger charge is 2.14. The van der Waals surface area contributed by atoms with Crippen LogP contribution in [-0.4, -0.2) is 39.8 Å². The van der Waals surface area contributed by atoms with E-state index in [4.69, 9.17) is 0 Å². The molecule has 3 heterocycles. The lowest BCUT2D eigenvalue weighted by molar-refractivity contribution is 0.580. The third-order valence-electron chi connectivity index (χ3n) is 4.50. The number of fused-ring (bicyclic) bond motifs is 1. The predicted molar refractivity (Wildman–Crippen MR) is 112 cm³/mol. The van der Waals surface area contributed by atoms with Crippen LogP contribution in [0.4, 0.5) is 5.82 Å². The molecule has 0 spiro atoms. The van der Waals surface area contributed by atoms with E-state index in [1.807, 2.05) is 31.2 Å². The molecule has 0 atom stereocenters. The molecule has 0 unspecified atom stereocenters. The quantitative estimate of drug-likeness (QED) is 0.445. The van der Waals surface area contributed by atoms with Gasteiger partial charge >= 0.3 is 0 Å². The molecular formula is C20H21N7O2S. The molecule has 9 nitrogen and oxygen atoms in total. The molecule has 0 radical (unpaired) electrons. The summed E-state index contributed by atoms with van der Waals surface area (Å²) in [4.78, 5) is 4.33. The number of nitrogens with zero attached hydrogens (tertiary/aromatic N) is 5. The zero-order valence-corrected chi connectivity index (χ0v) is 17.2. The van der Waals surface area contributed by atoms with Crippen molar-refractivity contribution in [1.82, 2.24) is 29.5 Å². The summed E-state index contributed by atoms with van der Waals surface area (Å²) < 4.78 is 29.1. The monoisotopic (exact) mass is 423 g/mol. The second kappa shape index (κ2) is 8.56. The number of nitrogens with one attached hydrogen (secondary N) is 2. The van der Waals surface area contributed by atoms with Gasteiger partial charge in [-0.05, 0) is 42.8 Å². The standard InChI is InChI=1S/C20H21N7O2S/c1-15-4-6-17(7-5-15)30(28,29)23-12-10-20-25-24-19-9-8-18(26-27(19)20)22-14-16-3-2-11-21-13-16/h2-9,11,13,23H,10,12,14H2,1H3,(H,22,26). The Bertz CT molecular complexity index is 1240. The Morgan fingerprint density at radius 1 is 1.03 bits per heavy atom. The number of anilines is 1. The second-order valence-electron chi connectivity index (χ2n) is 6.78. The number of aryl methyl sites for hydroxylation is 1. The van der Waals surface area contributed by atoms with Gasteiger partial charge in [-0.2, -0.15) is 4.52 Å². The summed E-state index contributed by atoms with van der Waals surface area (Å²) in [6.07, 6.45) is 3.87. The largest absolute Gasteiger partial charge is 0.364 e. The van der Waals surface area contributed by atoms with Crippen LogP contribution in [0.15, 0.2) is 65.8 Å². The Hall–Kier alpha value is -3.37. The lowest BCUT2D eigenvalue weighted by Gasteiger charge is -2.07. The maximum Gasteiger partial charge on any atom is 0.240 e. The summed E-state index contributed by atoms with van der Waals surface area (Å²) in [5.41, 5.74) is 2.63. The van der Waals surface area contributed by atoms with Crippen LogP contribution in [-0.2, 0) is 23.0 Å². The third-order valence-corrected chi connectivity index (χ3v) is 5.97. The number of aromatic nitrogens is 5. The molecule has 0 bridgehead atoms. The van der Waals surface area contributed by atoms with Gasteiger partial charge in [-0.15, -0.1) is 15.3 Å². The van der Waals surface area contributed by atoms with Crippen LogP contribution in [0.1, 0.15) is 17.0 Å². The minimum atomic E-state index is -3.58. The second-order valence-corrected chi connectivity index (χ2v) is 8.55. The third kappa shape index (κ3) is 4.61. The minimum absolute atomic E-state index is 0.187. The van der Waals surface area contributed by atoms with Crippen LogP contribution in [0.25, 0.3) is 5.65 Å². The van der Waals surface area contributed by atoms with Crippen LogP contribution in [0, 0.1) is 6.92 Å². The average molecular weight is 424 g/mol. The molecule has 4 rings (SSSR count). The Kier molecular flexibility index (Phi) is 5.68. The molecule has 2 N–H and O–H groups in total. The smallest absolute Gasteiger partial charge is 0.240 e. The van der Waals surface area contributed by atoms with Crippen LogP contribution in [0.3, 0.4) is 0 Å². The van der Waals surface area contributed by atoms with Crippen LogP contribution in [0.2, 0.25) is 0 Å². The van der Waals surface area contributed by atoms with Gasteiger partial charge in [0.05, 0.1) is 4.90 Å². The first kappa shape index (κ1) is 19.9. The van der Waals surface area contributed by atoms with Gasteiger partial charge in [0.2, 0.25) is 10.0 Å². The number of sulfonamides is 1. The van der Waals surface area contributed by atoms with Gasteiger partial charge in [0.15, 0.2) is 11.5 Å². The van der Waals surface area contributed by atoms with Crippen molar-refractivity contribution in [3.8, 4) is 0 Å². The molecule has 10 heteroatoms. The van der Waals surface area contributed by atoms with E-state index in [0.29, 0.717) is 30.3 Å². The minimum Gasteiger partial charge on any atom is -0.364 e. The number of hydrogen-bond acceptors (Lipinski definition) is 7. The molecule has 0 saturated heterocycles. The molecule has 0 saturated carbocycles. The number of pyridine rings is 1. The first-order chi connectivity index (χ1) is 14.5. The molecule has 0 amide bonds. The van der Waals surface area contributed by atoms with Crippen molar-refractivity contribution in [2.45, 2.75) is 24.8 Å². The summed E-state index contributed by atoms with van der Waals surface area (Å²) in [6, 6.07) is 14.2. The molecule has 30 heavy (non-hydrogen) atoms. The lowest BCUT2D eigenvalue weighted by atomic mass is 10.2. The highest BCUT2D eigenvalue weighted by atomic mass is 32.2. The van der Waals surface area contributed by atoms with Gasteiger partial charge in [-0.25, -0.2) is 13.1 Å². The topological polar surface area (TPSA) is 114 Å². The molecule has 4 aromatic rings. The highest BCUT2D eigenvalue weighted by Crippen LogP contribution is 2.11. The van der Waals surface area contributed by atoms with E-state index in [1.54, 1.807) is 41.2 Å². The maximum atomic E-state index is 12.4. The molecule has 0 aliphatic rings. The van der Waals surface area contributed by atoms with E-state index in [0.717, 1.165) is 11.1 Å². The van der Waals surface area contributed by atoms with Crippen molar-refractivity contribution in [2.24, 2.45) is 0 Å². The lowest BCUT2D eigenvalue weighted by Crippen LogP contribution is -2.26. The first-order valence-electron chi connectivity index (χ1n) is 9.42. The normalized spacial score (nSPS) is 11.6. The van der Waals surface area contributed by atoms with Gasteiger partial charge < -0.3 is 5.32 Å². The van der Waals surface area contributed by atoms with Gasteiger partial charge in [0.25, 0.3) is 0 Å². The Morgan fingerprint density at radius 3 is 2.63 bits per heavy atom.